The molecule has 1 saturated carbocycles. The topological polar surface area (TPSA) is 73.3 Å². The molecule has 0 spiro atoms. The van der Waals surface area contributed by atoms with E-state index in [9.17, 15) is 9.50 Å². The summed E-state index contributed by atoms with van der Waals surface area (Å²) in [4.78, 5) is 4.19. The van der Waals surface area contributed by atoms with Crippen LogP contribution in [0.3, 0.4) is 0 Å². The molecule has 1 aliphatic carbocycles. The fourth-order valence-electron chi connectivity index (χ4n) is 3.01. The summed E-state index contributed by atoms with van der Waals surface area (Å²) in [6.45, 7) is 0. The zero-order valence-corrected chi connectivity index (χ0v) is 11.3. The lowest BCUT2D eigenvalue weighted by Gasteiger charge is -2.29. The Morgan fingerprint density at radius 1 is 1.40 bits per heavy atom. The molecule has 1 aromatic heterocycles. The third-order valence-electron chi connectivity index (χ3n) is 4.02. The number of halogens is 1. The van der Waals surface area contributed by atoms with Gasteiger partial charge in [-0.3, -0.25) is 0 Å². The Kier molecular flexibility index (Phi) is 3.25. The number of benzene rings is 1. The summed E-state index contributed by atoms with van der Waals surface area (Å²) in [5, 5.41) is 10.2. The zero-order valence-electron chi connectivity index (χ0n) is 11.3. The number of hydrogen-bond acceptors (Lipinski definition) is 4. The second-order valence-corrected chi connectivity index (χ2v) is 5.23. The van der Waals surface area contributed by atoms with Crippen LogP contribution >= 0.6 is 0 Å². The van der Waals surface area contributed by atoms with E-state index in [1.165, 1.54) is 13.2 Å². The monoisotopic (exact) mass is 279 g/mol. The largest absolute Gasteiger partial charge is 0.494 e. The normalized spacial score (nSPS) is 23.1. The number of fused-ring (bicyclic) bond motifs is 1. The number of methoxy groups -OCH3 is 1. The minimum absolute atomic E-state index is 0.107. The van der Waals surface area contributed by atoms with Gasteiger partial charge in [0.25, 0.3) is 0 Å². The standard InChI is InChI=1S/C14H18FN3O2/c1-20-13-7-11-9(6-8(13)15)17-14(16)18(11)10-4-2-3-5-12(10)19/h6-7,10,12,19H,2-5H2,1H3,(H2,16,17). The lowest BCUT2D eigenvalue weighted by molar-refractivity contribution is 0.0783. The molecule has 20 heavy (non-hydrogen) atoms. The van der Waals surface area contributed by atoms with Crippen molar-refractivity contribution in [3.63, 3.8) is 0 Å². The Morgan fingerprint density at radius 2 is 2.15 bits per heavy atom. The second kappa shape index (κ2) is 4.94. The number of aliphatic hydroxyl groups excluding tert-OH is 1. The molecule has 0 aliphatic heterocycles. The van der Waals surface area contributed by atoms with E-state index in [1.807, 2.05) is 0 Å². The van der Waals surface area contributed by atoms with Crippen LogP contribution in [0.15, 0.2) is 12.1 Å². The van der Waals surface area contributed by atoms with Crippen LogP contribution in [-0.4, -0.2) is 27.9 Å². The van der Waals surface area contributed by atoms with Gasteiger partial charge in [0.05, 0.1) is 30.3 Å². The van der Waals surface area contributed by atoms with Gasteiger partial charge in [0.15, 0.2) is 11.6 Å². The SMILES string of the molecule is COc1cc2c(cc1F)nc(N)n2C1CCCCC1O. The molecule has 2 unspecified atom stereocenters. The fraction of sp³-hybridized carbons (Fsp3) is 0.500. The smallest absolute Gasteiger partial charge is 0.201 e. The third-order valence-corrected chi connectivity index (χ3v) is 4.02. The molecule has 0 bridgehead atoms. The van der Waals surface area contributed by atoms with Crippen molar-refractivity contribution in [2.24, 2.45) is 0 Å². The van der Waals surface area contributed by atoms with E-state index in [4.69, 9.17) is 10.5 Å². The second-order valence-electron chi connectivity index (χ2n) is 5.23. The predicted molar refractivity (Wildman–Crippen MR) is 74.2 cm³/mol. The van der Waals surface area contributed by atoms with E-state index in [0.717, 1.165) is 25.7 Å². The predicted octanol–water partition coefficient (Wildman–Crippen LogP) is 2.24. The van der Waals surface area contributed by atoms with Gasteiger partial charge < -0.3 is 20.1 Å². The van der Waals surface area contributed by atoms with Crippen molar-refractivity contribution >= 4 is 17.0 Å². The number of nitrogens with zero attached hydrogens (tertiary/aromatic N) is 2. The van der Waals surface area contributed by atoms with Crippen LogP contribution in [0, 0.1) is 5.82 Å². The van der Waals surface area contributed by atoms with Crippen LogP contribution in [0.1, 0.15) is 31.7 Å². The van der Waals surface area contributed by atoms with Crippen molar-refractivity contribution in [2.45, 2.75) is 37.8 Å². The highest BCUT2D eigenvalue weighted by Crippen LogP contribution is 2.35. The lowest BCUT2D eigenvalue weighted by atomic mass is 9.92. The lowest BCUT2D eigenvalue weighted by Crippen LogP contribution is -2.28. The van der Waals surface area contributed by atoms with Gasteiger partial charge in [0, 0.05) is 12.1 Å². The number of aromatic nitrogens is 2. The molecule has 1 aliphatic rings. The van der Waals surface area contributed by atoms with Crippen molar-refractivity contribution in [3.8, 4) is 5.75 Å². The maximum Gasteiger partial charge on any atom is 0.201 e. The Morgan fingerprint density at radius 3 is 2.85 bits per heavy atom. The van der Waals surface area contributed by atoms with Gasteiger partial charge in [-0.1, -0.05) is 12.8 Å². The molecule has 0 amide bonds. The summed E-state index contributed by atoms with van der Waals surface area (Å²) >= 11 is 0. The van der Waals surface area contributed by atoms with Crippen LogP contribution in [0.5, 0.6) is 5.75 Å². The van der Waals surface area contributed by atoms with Gasteiger partial charge in [-0.25, -0.2) is 9.37 Å². The molecular formula is C14H18FN3O2. The Hall–Kier alpha value is -1.82. The molecule has 0 saturated heterocycles. The number of aliphatic hydroxyl groups is 1. The summed E-state index contributed by atoms with van der Waals surface area (Å²) in [5.74, 6) is -0.00334. The molecule has 1 aromatic carbocycles. The van der Waals surface area contributed by atoms with Crippen LogP contribution < -0.4 is 10.5 Å². The number of nitrogens with two attached hydrogens (primary N) is 1. The number of anilines is 1. The van der Waals surface area contributed by atoms with Gasteiger partial charge in [-0.05, 0) is 12.8 Å². The first kappa shape index (κ1) is 13.2. The summed E-state index contributed by atoms with van der Waals surface area (Å²) in [6, 6.07) is 2.80. The van der Waals surface area contributed by atoms with Crippen molar-refractivity contribution in [2.75, 3.05) is 12.8 Å². The van der Waals surface area contributed by atoms with E-state index in [0.29, 0.717) is 17.0 Å². The van der Waals surface area contributed by atoms with Crippen LogP contribution in [0.4, 0.5) is 10.3 Å². The van der Waals surface area contributed by atoms with E-state index in [1.54, 1.807) is 10.6 Å². The summed E-state index contributed by atoms with van der Waals surface area (Å²) in [7, 11) is 1.42. The number of hydrogen-bond donors (Lipinski definition) is 2. The molecule has 3 rings (SSSR count). The first-order chi connectivity index (χ1) is 9.61. The average Bonchev–Trinajstić information content (AvgIpc) is 2.73. The maximum absolute atomic E-state index is 13.7. The van der Waals surface area contributed by atoms with Gasteiger partial charge in [-0.2, -0.15) is 0 Å². The van der Waals surface area contributed by atoms with Gasteiger partial charge in [0.2, 0.25) is 5.95 Å². The van der Waals surface area contributed by atoms with Crippen molar-refractivity contribution in [1.82, 2.24) is 9.55 Å². The van der Waals surface area contributed by atoms with Crippen LogP contribution in [0.2, 0.25) is 0 Å². The molecule has 3 N–H and O–H groups in total. The van der Waals surface area contributed by atoms with Gasteiger partial charge >= 0.3 is 0 Å². The van der Waals surface area contributed by atoms with Gasteiger partial charge in [0.1, 0.15) is 0 Å². The quantitative estimate of drug-likeness (QED) is 0.884. The first-order valence-electron chi connectivity index (χ1n) is 6.81. The number of ether oxygens (including phenoxy) is 1. The highest BCUT2D eigenvalue weighted by molar-refractivity contribution is 5.80. The zero-order chi connectivity index (χ0) is 14.3. The van der Waals surface area contributed by atoms with Gasteiger partial charge in [-0.15, -0.1) is 0 Å². The first-order valence-corrected chi connectivity index (χ1v) is 6.81. The fourth-order valence-corrected chi connectivity index (χ4v) is 3.01. The Labute approximate surface area is 116 Å². The van der Waals surface area contributed by atoms with E-state index in [-0.39, 0.29) is 11.8 Å². The van der Waals surface area contributed by atoms with Crippen LogP contribution in [-0.2, 0) is 0 Å². The molecule has 0 radical (unpaired) electrons. The highest BCUT2D eigenvalue weighted by Gasteiger charge is 2.28. The molecule has 6 heteroatoms. The highest BCUT2D eigenvalue weighted by atomic mass is 19.1. The Bertz CT molecular complexity index is 641. The average molecular weight is 279 g/mol. The summed E-state index contributed by atoms with van der Waals surface area (Å²) in [5.41, 5.74) is 7.15. The maximum atomic E-state index is 13.7. The summed E-state index contributed by atoms with van der Waals surface area (Å²) < 4.78 is 20.5. The number of imidazole rings is 1. The van der Waals surface area contributed by atoms with E-state index >= 15 is 0 Å². The van der Waals surface area contributed by atoms with Crippen molar-refractivity contribution in [3.05, 3.63) is 17.9 Å². The molecule has 2 atom stereocenters. The molecular weight excluding hydrogens is 261 g/mol. The third kappa shape index (κ3) is 2.00. The molecule has 108 valence electrons. The van der Waals surface area contributed by atoms with Crippen molar-refractivity contribution < 1.29 is 14.2 Å². The van der Waals surface area contributed by atoms with Crippen LogP contribution in [0.25, 0.3) is 11.0 Å². The molecule has 2 aromatic rings. The van der Waals surface area contributed by atoms with Crippen molar-refractivity contribution in [1.29, 1.82) is 0 Å². The Balaban J connectivity index is 2.16. The van der Waals surface area contributed by atoms with E-state index < -0.39 is 11.9 Å². The molecule has 1 heterocycles. The number of nitrogen functional groups attached to an aromatic ring is 1. The molecule has 5 nitrogen and oxygen atoms in total. The summed E-state index contributed by atoms with van der Waals surface area (Å²) in [6.07, 6.45) is 3.21. The molecule has 1 fully saturated rings. The van der Waals surface area contributed by atoms with E-state index in [2.05, 4.69) is 4.98 Å². The minimum atomic E-state index is -0.464. The number of rotatable bonds is 2. The minimum Gasteiger partial charge on any atom is -0.494 e.